The first-order chi connectivity index (χ1) is 7.70. The van der Waals surface area contributed by atoms with Crippen LogP contribution in [-0.2, 0) is 0 Å². The first-order valence-electron chi connectivity index (χ1n) is 5.73. The molecule has 16 heavy (non-hydrogen) atoms. The van der Waals surface area contributed by atoms with Crippen LogP contribution in [0, 0.1) is 0 Å². The third-order valence-corrected chi connectivity index (χ3v) is 3.01. The standard InChI is InChI=1S/C13H16FNO/c1-2-13(16)10-3-5-12(6-4-10)15-8-7-11(14)9-15/h3-6,11H,2,7-9H2,1H3/t11-/m0/s1. The Morgan fingerprint density at radius 2 is 2.12 bits per heavy atom. The van der Waals surface area contributed by atoms with Crippen molar-refractivity contribution in [1.82, 2.24) is 0 Å². The summed E-state index contributed by atoms with van der Waals surface area (Å²) in [6, 6.07) is 7.46. The van der Waals surface area contributed by atoms with Gasteiger partial charge in [-0.3, -0.25) is 4.79 Å². The van der Waals surface area contributed by atoms with Crippen molar-refractivity contribution in [2.75, 3.05) is 18.0 Å². The van der Waals surface area contributed by atoms with E-state index in [1.807, 2.05) is 36.1 Å². The molecule has 0 saturated carbocycles. The molecule has 1 heterocycles. The molecule has 2 rings (SSSR count). The molecule has 1 fully saturated rings. The average Bonchev–Trinajstić information content (AvgIpc) is 2.75. The molecule has 0 bridgehead atoms. The summed E-state index contributed by atoms with van der Waals surface area (Å²) < 4.78 is 13.0. The Labute approximate surface area is 95.1 Å². The van der Waals surface area contributed by atoms with Crippen molar-refractivity contribution in [1.29, 1.82) is 0 Å². The molecule has 1 atom stereocenters. The van der Waals surface area contributed by atoms with Crippen LogP contribution in [0.1, 0.15) is 30.1 Å². The van der Waals surface area contributed by atoms with Crippen molar-refractivity contribution in [2.45, 2.75) is 25.9 Å². The topological polar surface area (TPSA) is 20.3 Å². The predicted molar refractivity (Wildman–Crippen MR) is 62.8 cm³/mol. The number of carbonyl (C=O) groups is 1. The van der Waals surface area contributed by atoms with Crippen molar-refractivity contribution in [3.63, 3.8) is 0 Å². The highest BCUT2D eigenvalue weighted by molar-refractivity contribution is 5.96. The van der Waals surface area contributed by atoms with Crippen molar-refractivity contribution in [3.05, 3.63) is 29.8 Å². The summed E-state index contributed by atoms with van der Waals surface area (Å²) in [5.41, 5.74) is 1.75. The van der Waals surface area contributed by atoms with Crippen LogP contribution in [0.15, 0.2) is 24.3 Å². The van der Waals surface area contributed by atoms with Gasteiger partial charge in [0.05, 0.1) is 0 Å². The Morgan fingerprint density at radius 3 is 2.62 bits per heavy atom. The largest absolute Gasteiger partial charge is 0.369 e. The summed E-state index contributed by atoms with van der Waals surface area (Å²) in [6.45, 7) is 3.09. The molecule has 0 unspecified atom stereocenters. The van der Waals surface area contributed by atoms with Gasteiger partial charge >= 0.3 is 0 Å². The predicted octanol–water partition coefficient (Wildman–Crippen LogP) is 2.83. The summed E-state index contributed by atoms with van der Waals surface area (Å²) >= 11 is 0. The zero-order valence-corrected chi connectivity index (χ0v) is 9.45. The molecule has 1 aliphatic rings. The minimum atomic E-state index is -0.711. The summed E-state index contributed by atoms with van der Waals surface area (Å²) in [4.78, 5) is 13.4. The minimum Gasteiger partial charge on any atom is -0.369 e. The van der Waals surface area contributed by atoms with E-state index in [1.54, 1.807) is 0 Å². The summed E-state index contributed by atoms with van der Waals surface area (Å²) in [6.07, 6.45) is 0.419. The lowest BCUT2D eigenvalue weighted by atomic mass is 10.1. The van der Waals surface area contributed by atoms with Gasteiger partial charge in [0.25, 0.3) is 0 Å². The Bertz CT molecular complexity index is 374. The molecule has 1 aromatic carbocycles. The Morgan fingerprint density at radius 1 is 1.44 bits per heavy atom. The molecule has 0 N–H and O–H groups in total. The van der Waals surface area contributed by atoms with E-state index in [9.17, 15) is 9.18 Å². The highest BCUT2D eigenvalue weighted by Gasteiger charge is 2.21. The van der Waals surface area contributed by atoms with Crippen molar-refractivity contribution in [2.24, 2.45) is 0 Å². The van der Waals surface area contributed by atoms with E-state index >= 15 is 0 Å². The van der Waals surface area contributed by atoms with Gasteiger partial charge in [0.2, 0.25) is 0 Å². The van der Waals surface area contributed by atoms with Crippen LogP contribution in [-0.4, -0.2) is 25.0 Å². The van der Waals surface area contributed by atoms with Crippen molar-refractivity contribution >= 4 is 11.5 Å². The number of benzene rings is 1. The van der Waals surface area contributed by atoms with Gasteiger partial charge in [-0.05, 0) is 30.7 Å². The van der Waals surface area contributed by atoms with E-state index in [-0.39, 0.29) is 5.78 Å². The third-order valence-electron chi connectivity index (χ3n) is 3.01. The second-order valence-corrected chi connectivity index (χ2v) is 4.16. The quantitative estimate of drug-likeness (QED) is 0.731. The number of alkyl halides is 1. The molecule has 1 aliphatic heterocycles. The normalized spacial score (nSPS) is 20.1. The molecule has 0 aromatic heterocycles. The number of Topliss-reactive ketones (excluding diaryl/α,β-unsaturated/α-hetero) is 1. The Kier molecular flexibility index (Phi) is 3.22. The highest BCUT2D eigenvalue weighted by Crippen LogP contribution is 2.22. The maximum atomic E-state index is 13.0. The molecule has 1 aromatic rings. The van der Waals surface area contributed by atoms with Crippen LogP contribution in [0.2, 0.25) is 0 Å². The molecular weight excluding hydrogens is 205 g/mol. The van der Waals surface area contributed by atoms with E-state index in [0.717, 1.165) is 17.8 Å². The lowest BCUT2D eigenvalue weighted by Crippen LogP contribution is -2.19. The SMILES string of the molecule is CCC(=O)c1ccc(N2CC[C@H](F)C2)cc1. The molecule has 2 nitrogen and oxygen atoms in total. The number of nitrogens with zero attached hydrogens (tertiary/aromatic N) is 1. The number of anilines is 1. The fourth-order valence-corrected chi connectivity index (χ4v) is 2.01. The van der Waals surface area contributed by atoms with Crippen LogP contribution in [0.5, 0.6) is 0 Å². The molecule has 1 saturated heterocycles. The van der Waals surface area contributed by atoms with E-state index in [2.05, 4.69) is 0 Å². The number of halogens is 1. The van der Waals surface area contributed by atoms with Crippen LogP contribution < -0.4 is 4.90 Å². The van der Waals surface area contributed by atoms with E-state index in [4.69, 9.17) is 0 Å². The van der Waals surface area contributed by atoms with Crippen LogP contribution in [0.4, 0.5) is 10.1 Å². The van der Waals surface area contributed by atoms with Crippen LogP contribution >= 0.6 is 0 Å². The second-order valence-electron chi connectivity index (χ2n) is 4.16. The molecule has 3 heteroatoms. The fraction of sp³-hybridized carbons (Fsp3) is 0.462. The zero-order chi connectivity index (χ0) is 11.5. The molecule has 0 spiro atoms. The summed E-state index contributed by atoms with van der Waals surface area (Å²) in [5.74, 6) is 0.149. The van der Waals surface area contributed by atoms with E-state index < -0.39 is 6.17 Å². The van der Waals surface area contributed by atoms with E-state index in [1.165, 1.54) is 0 Å². The number of hydrogen-bond acceptors (Lipinski definition) is 2. The molecule has 0 aliphatic carbocycles. The fourth-order valence-electron chi connectivity index (χ4n) is 2.01. The van der Waals surface area contributed by atoms with Gasteiger partial charge in [0, 0.05) is 30.8 Å². The summed E-state index contributed by atoms with van der Waals surface area (Å²) in [5, 5.41) is 0. The molecular formula is C13H16FNO. The van der Waals surface area contributed by atoms with E-state index in [0.29, 0.717) is 19.4 Å². The molecule has 86 valence electrons. The summed E-state index contributed by atoms with van der Waals surface area (Å²) in [7, 11) is 0. The Balaban J connectivity index is 2.10. The maximum absolute atomic E-state index is 13.0. The highest BCUT2D eigenvalue weighted by atomic mass is 19.1. The molecule has 0 amide bonds. The average molecular weight is 221 g/mol. The van der Waals surface area contributed by atoms with Gasteiger partial charge in [-0.2, -0.15) is 0 Å². The Hall–Kier alpha value is -1.38. The van der Waals surface area contributed by atoms with Crippen LogP contribution in [0.3, 0.4) is 0 Å². The smallest absolute Gasteiger partial charge is 0.162 e. The van der Waals surface area contributed by atoms with Crippen molar-refractivity contribution in [3.8, 4) is 0 Å². The van der Waals surface area contributed by atoms with Gasteiger partial charge in [-0.25, -0.2) is 4.39 Å². The van der Waals surface area contributed by atoms with Gasteiger partial charge in [0.1, 0.15) is 6.17 Å². The van der Waals surface area contributed by atoms with Gasteiger partial charge < -0.3 is 4.90 Å². The lowest BCUT2D eigenvalue weighted by molar-refractivity contribution is 0.0988. The second kappa shape index (κ2) is 4.64. The minimum absolute atomic E-state index is 0.149. The monoisotopic (exact) mass is 221 g/mol. The van der Waals surface area contributed by atoms with Crippen molar-refractivity contribution < 1.29 is 9.18 Å². The van der Waals surface area contributed by atoms with Gasteiger partial charge in [-0.15, -0.1) is 0 Å². The van der Waals surface area contributed by atoms with Gasteiger partial charge in [-0.1, -0.05) is 6.92 Å². The zero-order valence-electron chi connectivity index (χ0n) is 9.45. The third kappa shape index (κ3) is 2.23. The lowest BCUT2D eigenvalue weighted by Gasteiger charge is -2.17. The number of hydrogen-bond donors (Lipinski definition) is 0. The van der Waals surface area contributed by atoms with Crippen LogP contribution in [0.25, 0.3) is 0 Å². The number of rotatable bonds is 3. The first kappa shape index (κ1) is 11.1. The maximum Gasteiger partial charge on any atom is 0.162 e. The van der Waals surface area contributed by atoms with Gasteiger partial charge in [0.15, 0.2) is 5.78 Å². The molecule has 0 radical (unpaired) electrons. The first-order valence-corrected chi connectivity index (χ1v) is 5.73. The number of carbonyl (C=O) groups excluding carboxylic acids is 1. The number of ketones is 1.